The smallest absolute Gasteiger partial charge is 0.338 e. The van der Waals surface area contributed by atoms with Crippen LogP contribution in [0.3, 0.4) is 0 Å². The molecular weight excluding hydrogens is 264 g/mol. The molecule has 1 aliphatic heterocycles. The number of anilines is 1. The second-order valence-corrected chi connectivity index (χ2v) is 6.28. The molecule has 0 spiro atoms. The first-order valence-electron chi connectivity index (χ1n) is 6.37. The van der Waals surface area contributed by atoms with Crippen molar-refractivity contribution in [2.24, 2.45) is 5.92 Å². The minimum Gasteiger partial charge on any atom is -0.478 e. The molecule has 1 fully saturated rings. The summed E-state index contributed by atoms with van der Waals surface area (Å²) in [6.45, 7) is 5.43. The van der Waals surface area contributed by atoms with Crippen molar-refractivity contribution >= 4 is 28.3 Å². The quantitative estimate of drug-likeness (QED) is 0.876. The molecule has 0 aliphatic carbocycles. The summed E-state index contributed by atoms with van der Waals surface area (Å²) < 4.78 is 0. The fourth-order valence-corrected chi connectivity index (χ4v) is 3.21. The number of aryl methyl sites for hydroxylation is 1. The van der Waals surface area contributed by atoms with E-state index in [-0.39, 0.29) is 11.6 Å². The number of hydrogen-bond acceptors (Lipinski definition) is 3. The Morgan fingerprint density at radius 3 is 2.89 bits per heavy atom. The largest absolute Gasteiger partial charge is 0.478 e. The van der Waals surface area contributed by atoms with Crippen molar-refractivity contribution in [3.05, 3.63) is 16.5 Å². The number of piperidine rings is 1. The first-order chi connectivity index (χ1) is 8.97. The molecule has 5 nitrogen and oxygen atoms in total. The monoisotopic (exact) mass is 282 g/mol. The number of amides is 2. The highest BCUT2D eigenvalue weighted by molar-refractivity contribution is 7.16. The molecular formula is C13H18N2O3S. The van der Waals surface area contributed by atoms with Gasteiger partial charge in [0.2, 0.25) is 0 Å². The first kappa shape index (κ1) is 13.9. The third-order valence-electron chi connectivity index (χ3n) is 3.25. The number of carboxylic acid groups (broad SMARTS) is 1. The second kappa shape index (κ2) is 5.61. The normalized spacial score (nSPS) is 19.3. The molecule has 1 aromatic rings. The predicted octanol–water partition coefficient (Wildman–Crippen LogP) is 3.02. The molecule has 19 heavy (non-hydrogen) atoms. The second-order valence-electron chi connectivity index (χ2n) is 5.03. The summed E-state index contributed by atoms with van der Waals surface area (Å²) in [7, 11) is 0. The number of aromatic carboxylic acids is 1. The zero-order valence-corrected chi connectivity index (χ0v) is 11.9. The molecule has 1 atom stereocenters. The van der Waals surface area contributed by atoms with Crippen molar-refractivity contribution in [2.45, 2.75) is 26.7 Å². The van der Waals surface area contributed by atoms with Crippen LogP contribution in [-0.2, 0) is 0 Å². The molecule has 0 bridgehead atoms. The van der Waals surface area contributed by atoms with E-state index >= 15 is 0 Å². The average Bonchev–Trinajstić information content (AvgIpc) is 2.70. The minimum absolute atomic E-state index is 0.168. The molecule has 0 aromatic carbocycles. The Kier molecular flexibility index (Phi) is 4.09. The van der Waals surface area contributed by atoms with Gasteiger partial charge in [-0.25, -0.2) is 9.59 Å². The molecule has 1 aliphatic rings. The van der Waals surface area contributed by atoms with Gasteiger partial charge < -0.3 is 10.0 Å². The number of nitrogens with one attached hydrogen (secondary N) is 1. The molecule has 1 aromatic heterocycles. The van der Waals surface area contributed by atoms with Crippen molar-refractivity contribution in [3.63, 3.8) is 0 Å². The van der Waals surface area contributed by atoms with Crippen molar-refractivity contribution in [2.75, 3.05) is 18.4 Å². The fourth-order valence-electron chi connectivity index (χ4n) is 2.32. The van der Waals surface area contributed by atoms with E-state index < -0.39 is 5.97 Å². The topological polar surface area (TPSA) is 69.6 Å². The minimum atomic E-state index is -1.01. The van der Waals surface area contributed by atoms with Crippen LogP contribution in [0.5, 0.6) is 0 Å². The van der Waals surface area contributed by atoms with Gasteiger partial charge in [0.15, 0.2) is 0 Å². The number of hydrogen-bond donors (Lipinski definition) is 2. The Morgan fingerprint density at radius 1 is 1.53 bits per heavy atom. The molecule has 0 radical (unpaired) electrons. The van der Waals surface area contributed by atoms with Crippen molar-refractivity contribution < 1.29 is 14.7 Å². The summed E-state index contributed by atoms with van der Waals surface area (Å²) in [6.07, 6.45) is 2.14. The van der Waals surface area contributed by atoms with Gasteiger partial charge >= 0.3 is 12.0 Å². The number of thiophene rings is 1. The molecule has 1 saturated heterocycles. The number of carboxylic acids is 1. The standard InChI is InChI=1S/C13H18N2O3S/c1-8-4-3-5-15(7-8)13(18)14-11-10(12(16)17)6-9(2)19-11/h6,8H,3-5,7H2,1-2H3,(H,14,18)(H,16,17). The molecule has 1 unspecified atom stereocenters. The van der Waals surface area contributed by atoms with Crippen LogP contribution >= 0.6 is 11.3 Å². The molecule has 6 heteroatoms. The van der Waals surface area contributed by atoms with Crippen LogP contribution in [0.1, 0.15) is 35.0 Å². The van der Waals surface area contributed by atoms with Crippen LogP contribution in [0.2, 0.25) is 0 Å². The maximum absolute atomic E-state index is 12.1. The van der Waals surface area contributed by atoms with Crippen LogP contribution in [0.25, 0.3) is 0 Å². The van der Waals surface area contributed by atoms with E-state index in [1.165, 1.54) is 11.3 Å². The SMILES string of the molecule is Cc1cc(C(=O)O)c(NC(=O)N2CCCC(C)C2)s1. The van der Waals surface area contributed by atoms with E-state index in [9.17, 15) is 9.59 Å². The van der Waals surface area contributed by atoms with Gasteiger partial charge in [0, 0.05) is 18.0 Å². The Bertz CT molecular complexity index is 498. The molecule has 2 heterocycles. The van der Waals surface area contributed by atoms with E-state index in [2.05, 4.69) is 12.2 Å². The zero-order chi connectivity index (χ0) is 14.0. The Balaban J connectivity index is 2.08. The molecule has 2 N–H and O–H groups in total. The maximum atomic E-state index is 12.1. The summed E-state index contributed by atoms with van der Waals surface area (Å²) in [5.74, 6) is -0.504. The van der Waals surface area contributed by atoms with Gasteiger partial charge in [0.25, 0.3) is 0 Å². The summed E-state index contributed by atoms with van der Waals surface area (Å²) in [5, 5.41) is 12.2. The van der Waals surface area contributed by atoms with Crippen LogP contribution in [0.15, 0.2) is 6.07 Å². The van der Waals surface area contributed by atoms with Gasteiger partial charge in [-0.3, -0.25) is 5.32 Å². The highest BCUT2D eigenvalue weighted by Gasteiger charge is 2.23. The third-order valence-corrected chi connectivity index (χ3v) is 4.22. The Labute approximate surface area is 116 Å². The highest BCUT2D eigenvalue weighted by Crippen LogP contribution is 2.28. The summed E-state index contributed by atoms with van der Waals surface area (Å²) in [4.78, 5) is 25.8. The maximum Gasteiger partial charge on any atom is 0.338 e. The first-order valence-corrected chi connectivity index (χ1v) is 7.18. The average molecular weight is 282 g/mol. The van der Waals surface area contributed by atoms with E-state index in [0.717, 1.165) is 30.8 Å². The van der Waals surface area contributed by atoms with Crippen LogP contribution < -0.4 is 5.32 Å². The highest BCUT2D eigenvalue weighted by atomic mass is 32.1. The van der Waals surface area contributed by atoms with Gasteiger partial charge in [0.05, 0.1) is 5.56 Å². The number of carbonyl (C=O) groups excluding carboxylic acids is 1. The lowest BCUT2D eigenvalue weighted by molar-refractivity contribution is 0.0698. The lowest BCUT2D eigenvalue weighted by Gasteiger charge is -2.30. The number of carbonyl (C=O) groups is 2. The fraction of sp³-hybridized carbons (Fsp3) is 0.538. The Hall–Kier alpha value is -1.56. The van der Waals surface area contributed by atoms with Gasteiger partial charge in [-0.2, -0.15) is 0 Å². The summed E-state index contributed by atoms with van der Waals surface area (Å²) in [5.41, 5.74) is 0.168. The third kappa shape index (κ3) is 3.26. The van der Waals surface area contributed by atoms with Crippen molar-refractivity contribution in [3.8, 4) is 0 Å². The van der Waals surface area contributed by atoms with Crippen LogP contribution in [0, 0.1) is 12.8 Å². The molecule has 104 valence electrons. The van der Waals surface area contributed by atoms with E-state index in [1.54, 1.807) is 11.0 Å². The van der Waals surface area contributed by atoms with E-state index in [4.69, 9.17) is 5.11 Å². The lowest BCUT2D eigenvalue weighted by atomic mass is 10.0. The van der Waals surface area contributed by atoms with E-state index in [0.29, 0.717) is 10.9 Å². The van der Waals surface area contributed by atoms with Crippen LogP contribution in [0.4, 0.5) is 9.80 Å². The zero-order valence-electron chi connectivity index (χ0n) is 11.1. The molecule has 2 rings (SSSR count). The summed E-state index contributed by atoms with van der Waals surface area (Å²) >= 11 is 1.30. The van der Waals surface area contributed by atoms with Crippen LogP contribution in [-0.4, -0.2) is 35.1 Å². The van der Waals surface area contributed by atoms with Crippen molar-refractivity contribution in [1.82, 2.24) is 4.90 Å². The number of nitrogens with zero attached hydrogens (tertiary/aromatic N) is 1. The van der Waals surface area contributed by atoms with Gasteiger partial charge in [-0.15, -0.1) is 11.3 Å². The molecule has 2 amide bonds. The van der Waals surface area contributed by atoms with Gasteiger partial charge in [0.1, 0.15) is 5.00 Å². The van der Waals surface area contributed by atoms with Gasteiger partial charge in [-0.05, 0) is 31.7 Å². The number of likely N-dealkylation sites (tertiary alicyclic amines) is 1. The van der Waals surface area contributed by atoms with Crippen molar-refractivity contribution in [1.29, 1.82) is 0 Å². The lowest BCUT2D eigenvalue weighted by Crippen LogP contribution is -2.41. The number of urea groups is 1. The van der Waals surface area contributed by atoms with E-state index in [1.807, 2.05) is 6.92 Å². The van der Waals surface area contributed by atoms with Gasteiger partial charge in [-0.1, -0.05) is 6.92 Å². The molecule has 0 saturated carbocycles. The number of rotatable bonds is 2. The Morgan fingerprint density at radius 2 is 2.26 bits per heavy atom. The predicted molar refractivity (Wildman–Crippen MR) is 75.0 cm³/mol. The summed E-state index contributed by atoms with van der Waals surface area (Å²) in [6, 6.07) is 1.39.